The Morgan fingerprint density at radius 3 is 2.50 bits per heavy atom. The lowest BCUT2D eigenvalue weighted by Gasteiger charge is -2.24. The van der Waals surface area contributed by atoms with E-state index in [1.165, 1.54) is 4.90 Å². The molecule has 1 saturated carbocycles. The van der Waals surface area contributed by atoms with Crippen LogP contribution in [-0.4, -0.2) is 61.0 Å². The van der Waals surface area contributed by atoms with Crippen molar-refractivity contribution in [1.82, 2.24) is 15.0 Å². The zero-order valence-corrected chi connectivity index (χ0v) is 18.4. The van der Waals surface area contributed by atoms with Crippen LogP contribution < -0.4 is 4.74 Å². The minimum atomic E-state index is -4.84. The number of carbonyl (C=O) groups excluding carboxylic acids is 1. The average Bonchev–Trinajstić information content (AvgIpc) is 3.07. The van der Waals surface area contributed by atoms with Crippen molar-refractivity contribution in [3.63, 3.8) is 0 Å². The summed E-state index contributed by atoms with van der Waals surface area (Å²) in [6.07, 6.45) is -10.6. The largest absolute Gasteiger partial charge is 0.480 e. The average molecular weight is 513 g/mol. The molecule has 1 aliphatic heterocycles. The first-order valence-electron chi connectivity index (χ1n) is 9.80. The van der Waals surface area contributed by atoms with Crippen LogP contribution in [0, 0.1) is 5.92 Å². The van der Waals surface area contributed by atoms with Crippen molar-refractivity contribution in [3.8, 4) is 5.75 Å². The number of hydrogen-bond acceptors (Lipinski definition) is 7. The molecule has 1 saturated heterocycles. The summed E-state index contributed by atoms with van der Waals surface area (Å²) in [4.78, 5) is 17.5. The van der Waals surface area contributed by atoms with Crippen molar-refractivity contribution in [2.45, 2.75) is 42.1 Å². The number of alkyl halides is 6. The van der Waals surface area contributed by atoms with Gasteiger partial charge in [-0.15, -0.1) is 0 Å². The number of ether oxygens (including phenoxy) is 1. The van der Waals surface area contributed by atoms with E-state index in [1.807, 2.05) is 0 Å². The number of halogens is 6. The molecule has 2 heterocycles. The molecule has 0 N–H and O–H groups in total. The molecule has 8 nitrogen and oxygen atoms in total. The van der Waals surface area contributed by atoms with Crippen LogP contribution in [0.15, 0.2) is 27.6 Å². The topological polar surface area (TPSA) is 103 Å². The van der Waals surface area contributed by atoms with Gasteiger partial charge in [-0.05, 0) is 37.5 Å². The molecular formula is C19H17F6N3O5S. The van der Waals surface area contributed by atoms with Gasteiger partial charge in [-0.1, -0.05) is 5.16 Å². The summed E-state index contributed by atoms with van der Waals surface area (Å²) in [6.45, 7) is 0.671. The molecule has 186 valence electrons. The van der Waals surface area contributed by atoms with E-state index in [9.17, 15) is 39.6 Å². The summed E-state index contributed by atoms with van der Waals surface area (Å²) in [5.74, 6) is -3.33. The summed E-state index contributed by atoms with van der Waals surface area (Å²) >= 11 is 0. The predicted octanol–water partition coefficient (Wildman–Crippen LogP) is 3.24. The Morgan fingerprint density at radius 2 is 1.94 bits per heavy atom. The first-order chi connectivity index (χ1) is 15.5. The van der Waals surface area contributed by atoms with Gasteiger partial charge in [0.2, 0.25) is 0 Å². The molecule has 1 aromatic carbocycles. The van der Waals surface area contributed by atoms with E-state index in [0.29, 0.717) is 6.42 Å². The zero-order valence-electron chi connectivity index (χ0n) is 17.6. The van der Waals surface area contributed by atoms with Crippen molar-refractivity contribution in [3.05, 3.63) is 35.5 Å². The van der Waals surface area contributed by atoms with Crippen LogP contribution in [-0.2, 0) is 21.4 Å². The van der Waals surface area contributed by atoms with Crippen LogP contribution in [0.1, 0.15) is 35.4 Å². The number of rotatable bonds is 5. The molecule has 15 heteroatoms. The maximum Gasteiger partial charge on any atom is 0.471 e. The maximum atomic E-state index is 13.2. The molecule has 2 unspecified atom stereocenters. The second-order valence-corrected chi connectivity index (χ2v) is 10.4. The van der Waals surface area contributed by atoms with Crippen molar-refractivity contribution >= 4 is 15.7 Å². The number of hydrogen-bond donors (Lipinski definition) is 0. The first-order valence-corrected chi connectivity index (χ1v) is 11.7. The van der Waals surface area contributed by atoms with Gasteiger partial charge in [0.1, 0.15) is 5.75 Å². The van der Waals surface area contributed by atoms with E-state index >= 15 is 0 Å². The number of benzene rings is 1. The Balaban J connectivity index is 1.63. The van der Waals surface area contributed by atoms with Gasteiger partial charge in [-0.2, -0.15) is 31.3 Å². The van der Waals surface area contributed by atoms with Gasteiger partial charge in [0, 0.05) is 19.3 Å². The van der Waals surface area contributed by atoms with Gasteiger partial charge in [0.05, 0.1) is 15.9 Å². The van der Waals surface area contributed by atoms with E-state index in [0.717, 1.165) is 31.4 Å². The van der Waals surface area contributed by atoms with Crippen LogP contribution in [0.3, 0.4) is 0 Å². The maximum absolute atomic E-state index is 13.2. The minimum absolute atomic E-state index is 0.0616. The number of carbonyl (C=O) groups is 1. The molecule has 0 spiro atoms. The second-order valence-electron chi connectivity index (χ2n) is 8.40. The minimum Gasteiger partial charge on any atom is -0.480 e. The highest BCUT2D eigenvalue weighted by Crippen LogP contribution is 2.58. The molecule has 2 aliphatic rings. The molecule has 3 atom stereocenters. The molecule has 2 fully saturated rings. The molecule has 0 radical (unpaired) electrons. The lowest BCUT2D eigenvalue weighted by atomic mass is 10.1. The summed E-state index contributed by atoms with van der Waals surface area (Å²) in [5.41, 5.74) is -1.39. The second kappa shape index (κ2) is 7.58. The molecule has 34 heavy (non-hydrogen) atoms. The molecule has 4 rings (SSSR count). The first kappa shape index (κ1) is 24.3. The summed E-state index contributed by atoms with van der Waals surface area (Å²) in [7, 11) is -3.81. The van der Waals surface area contributed by atoms with Gasteiger partial charge in [-0.3, -0.25) is 4.79 Å². The number of fused-ring (bicyclic) bond motifs is 1. The lowest BCUT2D eigenvalue weighted by molar-refractivity contribution is -0.189. The van der Waals surface area contributed by atoms with Crippen LogP contribution in [0.4, 0.5) is 26.3 Å². The predicted molar refractivity (Wildman–Crippen MR) is 101 cm³/mol. The Hall–Kier alpha value is -2.84. The summed E-state index contributed by atoms with van der Waals surface area (Å²) in [6, 6.07) is 2.90. The van der Waals surface area contributed by atoms with Gasteiger partial charge < -0.3 is 14.2 Å². The molecular weight excluding hydrogens is 496 g/mol. The number of aromatic nitrogens is 2. The van der Waals surface area contributed by atoms with Gasteiger partial charge in [-0.25, -0.2) is 8.42 Å². The SMILES string of the molecule is C[C@@H](Oc1ccc(S(C)(=O)=O)cc1C(=O)N1CC2CC2(c2noc(C(F)(F)F)n2)C1)C(F)(F)F. The van der Waals surface area contributed by atoms with E-state index in [4.69, 9.17) is 4.74 Å². The summed E-state index contributed by atoms with van der Waals surface area (Å²) < 4.78 is 111. The standard InChI is InChI=1S/C19H17F6N3O5S/c1-9(18(20,21)22)32-13-4-3-11(34(2,30)31)5-12(13)14(29)28-7-10-6-17(10,8-28)15-26-16(33-27-15)19(23,24)25/h3-5,9-10H,6-8H2,1-2H3/t9-,10?,17?/m1/s1. The van der Waals surface area contributed by atoms with Gasteiger partial charge in [0.25, 0.3) is 5.91 Å². The van der Waals surface area contributed by atoms with Crippen molar-refractivity contribution < 1.29 is 48.8 Å². The fourth-order valence-corrected chi connectivity index (χ4v) is 4.61. The number of nitrogens with zero attached hydrogens (tertiary/aromatic N) is 3. The van der Waals surface area contributed by atoms with E-state index < -0.39 is 56.8 Å². The van der Waals surface area contributed by atoms with Crippen molar-refractivity contribution in [2.24, 2.45) is 5.92 Å². The number of sulfone groups is 1. The van der Waals surface area contributed by atoms with Gasteiger partial charge in [0.15, 0.2) is 21.8 Å². The lowest BCUT2D eigenvalue weighted by Crippen LogP contribution is -2.35. The third kappa shape index (κ3) is 4.32. The molecule has 1 aliphatic carbocycles. The monoisotopic (exact) mass is 513 g/mol. The molecule has 1 aromatic heterocycles. The number of likely N-dealkylation sites (tertiary alicyclic amines) is 1. The Morgan fingerprint density at radius 1 is 1.26 bits per heavy atom. The Labute approximate surface area is 188 Å². The number of piperidine rings is 1. The smallest absolute Gasteiger partial charge is 0.471 e. The van der Waals surface area contributed by atoms with Crippen LogP contribution >= 0.6 is 0 Å². The van der Waals surface area contributed by atoms with E-state index in [-0.39, 0.29) is 29.7 Å². The van der Waals surface area contributed by atoms with Crippen molar-refractivity contribution in [1.29, 1.82) is 0 Å². The summed E-state index contributed by atoms with van der Waals surface area (Å²) in [5, 5.41) is 3.40. The fourth-order valence-electron chi connectivity index (χ4n) is 3.96. The molecule has 0 bridgehead atoms. The van der Waals surface area contributed by atoms with Crippen molar-refractivity contribution in [2.75, 3.05) is 19.3 Å². The zero-order chi connectivity index (χ0) is 25.3. The van der Waals surface area contributed by atoms with E-state index in [2.05, 4.69) is 14.7 Å². The third-order valence-electron chi connectivity index (χ3n) is 5.92. The molecule has 2 aromatic rings. The highest BCUT2D eigenvalue weighted by atomic mass is 32.2. The van der Waals surface area contributed by atoms with Crippen LogP contribution in [0.25, 0.3) is 0 Å². The third-order valence-corrected chi connectivity index (χ3v) is 7.03. The normalized spacial score (nSPS) is 23.5. The Kier molecular flexibility index (Phi) is 5.42. The molecule has 1 amide bonds. The number of amides is 1. The van der Waals surface area contributed by atoms with Gasteiger partial charge >= 0.3 is 18.2 Å². The highest BCUT2D eigenvalue weighted by Gasteiger charge is 2.65. The quantitative estimate of drug-likeness (QED) is 0.566. The van der Waals surface area contributed by atoms with E-state index in [1.54, 1.807) is 0 Å². The highest BCUT2D eigenvalue weighted by molar-refractivity contribution is 7.90. The van der Waals surface area contributed by atoms with Crippen LogP contribution in [0.2, 0.25) is 0 Å². The fraction of sp³-hybridized carbons (Fsp3) is 0.526. The Bertz CT molecular complexity index is 1240. The van der Waals surface area contributed by atoms with Crippen LogP contribution in [0.5, 0.6) is 5.75 Å².